The summed E-state index contributed by atoms with van der Waals surface area (Å²) in [6, 6.07) is 25.4. The molecule has 7 heterocycles. The molecular weight excluding hydrogens is 870 g/mol. The Kier molecular flexibility index (Phi) is 12.1. The highest BCUT2D eigenvalue weighted by Gasteiger charge is 2.49. The fraction of sp³-hybridized carbons (Fsp3) is 0.378. The molecule has 20 nitrogen and oxygen atoms in total. The topological polar surface area (TPSA) is 244 Å². The van der Waals surface area contributed by atoms with Crippen molar-refractivity contribution in [3.8, 4) is 11.5 Å². The van der Waals surface area contributed by atoms with Crippen LogP contribution in [0.15, 0.2) is 104 Å². The second-order valence-corrected chi connectivity index (χ2v) is 18.3. The van der Waals surface area contributed by atoms with Crippen LogP contribution in [-0.4, -0.2) is 114 Å². The van der Waals surface area contributed by atoms with E-state index in [4.69, 9.17) is 44.2 Å². The second kappa shape index (κ2) is 18.3. The minimum Gasteiger partial charge on any atom is -0.497 e. The summed E-state index contributed by atoms with van der Waals surface area (Å²) in [5.41, 5.74) is 15.3. The maximum Gasteiger partial charge on any atom is 0.408 e. The molecule has 0 amide bonds. The fourth-order valence-corrected chi connectivity index (χ4v) is 11.1. The van der Waals surface area contributed by atoms with E-state index in [0.717, 1.165) is 29.5 Å². The third-order valence-electron chi connectivity index (χ3n) is 12.5. The summed E-state index contributed by atoms with van der Waals surface area (Å²) in [6.07, 6.45) is 3.00. The van der Waals surface area contributed by atoms with Gasteiger partial charge in [0.2, 0.25) is 0 Å². The van der Waals surface area contributed by atoms with Crippen LogP contribution in [0.25, 0.3) is 22.3 Å². The Labute approximate surface area is 379 Å². The number of imidazole rings is 2. The van der Waals surface area contributed by atoms with Gasteiger partial charge in [-0.1, -0.05) is 54.6 Å². The van der Waals surface area contributed by atoms with Crippen LogP contribution in [0.3, 0.4) is 0 Å². The maximum absolute atomic E-state index is 15.5. The number of fused-ring (bicyclic) bond motifs is 2. The van der Waals surface area contributed by atoms with E-state index in [1.54, 1.807) is 40.7 Å². The van der Waals surface area contributed by atoms with E-state index in [1.807, 2.05) is 78.9 Å². The van der Waals surface area contributed by atoms with Gasteiger partial charge in [0.25, 0.3) is 0 Å². The quantitative estimate of drug-likeness (QED) is 0.0812. The molecule has 3 aliphatic heterocycles. The molecule has 0 bridgehead atoms. The van der Waals surface area contributed by atoms with E-state index in [1.165, 1.54) is 12.7 Å². The van der Waals surface area contributed by atoms with Crippen molar-refractivity contribution in [2.45, 2.75) is 68.2 Å². The number of aliphatic hydroxyl groups excluding tert-OH is 1. The molecule has 0 aliphatic carbocycles. The zero-order chi connectivity index (χ0) is 45.4. The van der Waals surface area contributed by atoms with Gasteiger partial charge in [-0.3, -0.25) is 18.2 Å². The third-order valence-corrected chi connectivity index (χ3v) is 14.6. The van der Waals surface area contributed by atoms with E-state index >= 15 is 4.57 Å². The molecule has 7 aromatic rings. The molecule has 3 aromatic carbocycles. The van der Waals surface area contributed by atoms with Gasteiger partial charge in [0.05, 0.1) is 46.2 Å². The number of nitrogens with two attached hydrogens (primary N) is 2. The number of hydrogen-bond donors (Lipinski definition) is 3. The van der Waals surface area contributed by atoms with E-state index in [9.17, 15) is 5.11 Å². The first-order valence-electron chi connectivity index (χ1n) is 21.7. The molecule has 4 aromatic heterocycles. The van der Waals surface area contributed by atoms with Crippen molar-refractivity contribution in [3.63, 3.8) is 0 Å². The van der Waals surface area contributed by atoms with Crippen LogP contribution in [0, 0.1) is 0 Å². The number of aromatic nitrogens is 8. The molecular formula is C45H50N11O9P. The Hall–Kier alpha value is -6.09. The van der Waals surface area contributed by atoms with Gasteiger partial charge in [-0.25, -0.2) is 39.1 Å². The van der Waals surface area contributed by atoms with Gasteiger partial charge in [0.15, 0.2) is 22.9 Å². The Morgan fingerprint density at radius 3 is 1.79 bits per heavy atom. The normalized spacial score (nSPS) is 23.4. The van der Waals surface area contributed by atoms with Crippen LogP contribution >= 0.6 is 7.75 Å². The van der Waals surface area contributed by atoms with Crippen LogP contribution < -0.4 is 20.9 Å². The first kappa shape index (κ1) is 43.8. The highest BCUT2D eigenvalue weighted by molar-refractivity contribution is 7.51. The summed E-state index contributed by atoms with van der Waals surface area (Å²) in [5, 5.41) is 11.3. The van der Waals surface area contributed by atoms with Crippen molar-refractivity contribution in [1.82, 2.24) is 43.7 Å². The summed E-state index contributed by atoms with van der Waals surface area (Å²) in [5.74, 6) is 1.82. The molecule has 1 unspecified atom stereocenters. The van der Waals surface area contributed by atoms with E-state index < -0.39 is 50.2 Å². The van der Waals surface area contributed by atoms with E-state index in [-0.39, 0.29) is 37.7 Å². The lowest BCUT2D eigenvalue weighted by molar-refractivity contribution is -0.0932. The Morgan fingerprint density at radius 2 is 1.23 bits per heavy atom. The zero-order valence-electron chi connectivity index (χ0n) is 36.3. The largest absolute Gasteiger partial charge is 0.497 e. The SMILES string of the molecule is COc1ccc(C(OC[C@H]2O[C@@H](n3cnc4c(N)ncnc43)C[C@@H]2OP(=O)(OC[C@H]2O[C@@H](n3cnc4c(N)ncnc43)C[C@@H]2O)N2CCCC2)(c2ccccc2)c2ccc(OC)cc2)cc1. The maximum atomic E-state index is 15.5. The average Bonchev–Trinajstić information content (AvgIpc) is 4.21. The van der Waals surface area contributed by atoms with Gasteiger partial charge in [-0.05, 0) is 53.8 Å². The first-order chi connectivity index (χ1) is 32.2. The zero-order valence-corrected chi connectivity index (χ0v) is 37.2. The number of ether oxygens (including phenoxy) is 5. The number of benzene rings is 3. The summed E-state index contributed by atoms with van der Waals surface area (Å²) < 4.78 is 65.5. The Bertz CT molecular complexity index is 2780. The lowest BCUT2D eigenvalue weighted by atomic mass is 9.80. The van der Waals surface area contributed by atoms with Crippen molar-refractivity contribution in [3.05, 3.63) is 121 Å². The van der Waals surface area contributed by atoms with Gasteiger partial charge >= 0.3 is 7.75 Å². The number of aliphatic hydroxyl groups is 1. The molecule has 0 spiro atoms. The summed E-state index contributed by atoms with van der Waals surface area (Å²) in [4.78, 5) is 25.8. The number of methoxy groups -OCH3 is 2. The van der Waals surface area contributed by atoms with Gasteiger partial charge < -0.3 is 40.3 Å². The van der Waals surface area contributed by atoms with Crippen molar-refractivity contribution in [2.24, 2.45) is 0 Å². The lowest BCUT2D eigenvalue weighted by Crippen LogP contribution is -2.39. The molecule has 3 fully saturated rings. The van der Waals surface area contributed by atoms with Gasteiger partial charge in [0.1, 0.15) is 71.6 Å². The number of rotatable bonds is 16. The van der Waals surface area contributed by atoms with Crippen molar-refractivity contribution < 1.29 is 42.4 Å². The van der Waals surface area contributed by atoms with Gasteiger partial charge in [0, 0.05) is 25.9 Å². The minimum atomic E-state index is -4.12. The highest BCUT2D eigenvalue weighted by Crippen LogP contribution is 2.57. The fourth-order valence-electron chi connectivity index (χ4n) is 9.07. The van der Waals surface area contributed by atoms with Gasteiger partial charge in [-0.15, -0.1) is 0 Å². The molecule has 3 aliphatic rings. The summed E-state index contributed by atoms with van der Waals surface area (Å²) in [6.45, 7) is 0.671. The molecule has 3 saturated heterocycles. The smallest absolute Gasteiger partial charge is 0.408 e. The number of hydrogen-bond acceptors (Lipinski definition) is 17. The van der Waals surface area contributed by atoms with Crippen molar-refractivity contribution in [2.75, 3.05) is 52.0 Å². The second-order valence-electron chi connectivity index (χ2n) is 16.3. The Morgan fingerprint density at radius 1 is 0.697 bits per heavy atom. The molecule has 21 heteroatoms. The Balaban J connectivity index is 0.983. The molecule has 0 radical (unpaired) electrons. The van der Waals surface area contributed by atoms with Crippen LogP contribution in [0.4, 0.5) is 11.6 Å². The van der Waals surface area contributed by atoms with E-state index in [2.05, 4.69) is 29.9 Å². The molecule has 10 rings (SSSR count). The molecule has 66 heavy (non-hydrogen) atoms. The predicted molar refractivity (Wildman–Crippen MR) is 240 cm³/mol. The molecule has 7 atom stereocenters. The van der Waals surface area contributed by atoms with Crippen LogP contribution in [-0.2, 0) is 33.4 Å². The number of anilines is 2. The van der Waals surface area contributed by atoms with Crippen LogP contribution in [0.5, 0.6) is 11.5 Å². The van der Waals surface area contributed by atoms with Crippen LogP contribution in [0.2, 0.25) is 0 Å². The standard InChI is InChI=1S/C45H50N11O9P/c1-59-31-14-10-29(11-15-31)45(28-8-4-3-5-9-28,30-12-16-32(60-2)17-13-30)61-22-36-34(21-38(64-36)56-27-53-40-42(47)49-25-51-44(40)56)65-66(58,54-18-6-7-19-54)62-23-35-33(57)20-37(63-35)55-26-52-39-41(46)48-24-50-43(39)55/h3-5,8-17,24-27,33-38,57H,6-7,18-23H2,1-2H3,(H2,46,48,50)(H2,47,49,51)/t33-,34-,35+,36+,37+,38+,66?/m0/s1. The molecule has 344 valence electrons. The molecule has 0 saturated carbocycles. The van der Waals surface area contributed by atoms with Crippen LogP contribution in [0.1, 0.15) is 54.8 Å². The highest BCUT2D eigenvalue weighted by atomic mass is 31.2. The number of nitrogens with zero attached hydrogens (tertiary/aromatic N) is 9. The first-order valence-corrected chi connectivity index (χ1v) is 23.2. The monoisotopic (exact) mass is 919 g/mol. The third kappa shape index (κ3) is 8.13. The average molecular weight is 920 g/mol. The van der Waals surface area contributed by atoms with Crippen molar-refractivity contribution >= 4 is 41.7 Å². The number of nitrogen functional groups attached to an aromatic ring is 2. The van der Waals surface area contributed by atoms with Gasteiger partial charge in [-0.2, -0.15) is 0 Å². The summed E-state index contributed by atoms with van der Waals surface area (Å²) in [7, 11) is -0.877. The predicted octanol–water partition coefficient (Wildman–Crippen LogP) is 5.40. The molecule has 5 N–H and O–H groups in total. The summed E-state index contributed by atoms with van der Waals surface area (Å²) >= 11 is 0. The van der Waals surface area contributed by atoms with Crippen molar-refractivity contribution in [1.29, 1.82) is 0 Å². The van der Waals surface area contributed by atoms with E-state index in [0.29, 0.717) is 46.9 Å². The minimum absolute atomic E-state index is 0.0447. The lowest BCUT2D eigenvalue weighted by Gasteiger charge is -2.37.